The first-order valence-corrected chi connectivity index (χ1v) is 7.97. The van der Waals surface area contributed by atoms with Crippen LogP contribution >= 0.6 is 0 Å². The number of amides is 1. The monoisotopic (exact) mass is 352 g/mol. The predicted octanol–water partition coefficient (Wildman–Crippen LogP) is 4.36. The zero-order chi connectivity index (χ0) is 18.1. The highest BCUT2D eigenvalue weighted by atomic mass is 19.1. The van der Waals surface area contributed by atoms with E-state index in [-0.39, 0.29) is 12.5 Å². The van der Waals surface area contributed by atoms with Gasteiger partial charge in [-0.2, -0.15) is 0 Å². The zero-order valence-corrected chi connectivity index (χ0v) is 13.6. The van der Waals surface area contributed by atoms with Crippen molar-refractivity contribution in [3.05, 3.63) is 83.2 Å². The van der Waals surface area contributed by atoms with Crippen molar-refractivity contribution in [2.75, 3.05) is 5.32 Å². The highest BCUT2D eigenvalue weighted by molar-refractivity contribution is 6.34. The summed E-state index contributed by atoms with van der Waals surface area (Å²) in [6.07, 6.45) is 3.53. The van der Waals surface area contributed by atoms with Gasteiger partial charge < -0.3 is 15.0 Å². The van der Waals surface area contributed by atoms with Crippen LogP contribution in [-0.2, 0) is 11.4 Å². The molecule has 2 N–H and O–H groups in total. The molecular formula is C20H14F2N2O2. The standard InChI is InChI=1S/C20H14F2N2O2/c21-13-6-12(7-14(22)8-13)11-26-16-3-4-19-17(10-16)18(20(25)24-19)9-15-2-1-5-23-15/h1-10,23H,11H2,(H,24,25)/b18-9-. The Kier molecular flexibility index (Phi) is 4.01. The molecule has 1 aliphatic rings. The molecule has 0 saturated heterocycles. The number of carbonyl (C=O) groups is 1. The topological polar surface area (TPSA) is 54.1 Å². The number of rotatable bonds is 4. The van der Waals surface area contributed by atoms with Gasteiger partial charge >= 0.3 is 0 Å². The molecule has 4 nitrogen and oxygen atoms in total. The van der Waals surface area contributed by atoms with Crippen molar-refractivity contribution in [1.29, 1.82) is 0 Å². The third-order valence-corrected chi connectivity index (χ3v) is 4.02. The molecule has 6 heteroatoms. The second-order valence-corrected chi connectivity index (χ2v) is 5.91. The maximum absolute atomic E-state index is 13.3. The van der Waals surface area contributed by atoms with Gasteiger partial charge in [-0.1, -0.05) is 0 Å². The summed E-state index contributed by atoms with van der Waals surface area (Å²) in [7, 11) is 0. The Morgan fingerprint density at radius 3 is 2.58 bits per heavy atom. The number of anilines is 1. The molecule has 2 heterocycles. The van der Waals surface area contributed by atoms with Crippen LogP contribution in [0, 0.1) is 11.6 Å². The Labute approximate surface area is 148 Å². The summed E-state index contributed by atoms with van der Waals surface area (Å²) in [5.41, 5.74) is 3.12. The quantitative estimate of drug-likeness (QED) is 0.685. The third kappa shape index (κ3) is 3.21. The summed E-state index contributed by atoms with van der Waals surface area (Å²) in [5.74, 6) is -0.992. The number of halogens is 2. The Hall–Kier alpha value is -3.41. The van der Waals surface area contributed by atoms with Crippen molar-refractivity contribution in [1.82, 2.24) is 4.98 Å². The average Bonchev–Trinajstić information content (AvgIpc) is 3.21. The number of benzene rings is 2. The molecule has 2 aromatic carbocycles. The maximum Gasteiger partial charge on any atom is 0.256 e. The number of fused-ring (bicyclic) bond motifs is 1. The number of aromatic nitrogens is 1. The number of aromatic amines is 1. The Balaban J connectivity index is 1.59. The molecule has 1 aliphatic heterocycles. The first kappa shape index (κ1) is 16.1. The van der Waals surface area contributed by atoms with E-state index >= 15 is 0 Å². The second kappa shape index (κ2) is 6.48. The van der Waals surface area contributed by atoms with Gasteiger partial charge in [-0.05, 0) is 54.1 Å². The number of nitrogens with one attached hydrogen (secondary N) is 2. The fourth-order valence-electron chi connectivity index (χ4n) is 2.85. The Morgan fingerprint density at radius 2 is 1.85 bits per heavy atom. The first-order chi connectivity index (χ1) is 12.6. The van der Waals surface area contributed by atoms with Gasteiger partial charge in [0.05, 0.1) is 5.57 Å². The molecule has 26 heavy (non-hydrogen) atoms. The van der Waals surface area contributed by atoms with E-state index in [1.165, 1.54) is 12.1 Å². The normalized spacial score (nSPS) is 14.4. The van der Waals surface area contributed by atoms with Crippen molar-refractivity contribution in [3.8, 4) is 5.75 Å². The summed E-state index contributed by atoms with van der Waals surface area (Å²) in [4.78, 5) is 15.2. The van der Waals surface area contributed by atoms with Crippen LogP contribution in [0.4, 0.5) is 14.5 Å². The van der Waals surface area contributed by atoms with Gasteiger partial charge in [0, 0.05) is 29.2 Å². The van der Waals surface area contributed by atoms with E-state index in [2.05, 4.69) is 10.3 Å². The van der Waals surface area contributed by atoms with E-state index in [9.17, 15) is 13.6 Å². The van der Waals surface area contributed by atoms with Crippen molar-refractivity contribution in [2.24, 2.45) is 0 Å². The van der Waals surface area contributed by atoms with Gasteiger partial charge in [0.15, 0.2) is 0 Å². The van der Waals surface area contributed by atoms with E-state index < -0.39 is 11.6 Å². The van der Waals surface area contributed by atoms with Crippen LogP contribution in [0.5, 0.6) is 5.75 Å². The number of ether oxygens (including phenoxy) is 1. The summed E-state index contributed by atoms with van der Waals surface area (Å²) >= 11 is 0. The predicted molar refractivity (Wildman–Crippen MR) is 94.4 cm³/mol. The van der Waals surface area contributed by atoms with E-state index in [4.69, 9.17) is 4.74 Å². The Bertz CT molecular complexity index is 990. The van der Waals surface area contributed by atoms with Gasteiger partial charge in [-0.25, -0.2) is 8.78 Å². The molecule has 0 atom stereocenters. The van der Waals surface area contributed by atoms with Crippen LogP contribution < -0.4 is 10.1 Å². The molecule has 0 unspecified atom stereocenters. The average molecular weight is 352 g/mol. The lowest BCUT2D eigenvalue weighted by molar-refractivity contribution is -0.110. The fourth-order valence-corrected chi connectivity index (χ4v) is 2.85. The van der Waals surface area contributed by atoms with Crippen LogP contribution in [0.3, 0.4) is 0 Å². The molecule has 0 spiro atoms. The van der Waals surface area contributed by atoms with Crippen molar-refractivity contribution < 1.29 is 18.3 Å². The number of H-pyrrole nitrogens is 1. The van der Waals surface area contributed by atoms with Crippen LogP contribution in [0.15, 0.2) is 54.7 Å². The summed E-state index contributed by atoms with van der Waals surface area (Å²) in [6, 6.07) is 12.1. The Morgan fingerprint density at radius 1 is 1.04 bits per heavy atom. The molecule has 0 fully saturated rings. The molecule has 1 aromatic heterocycles. The molecule has 0 saturated carbocycles. The molecule has 130 valence electrons. The number of carbonyl (C=O) groups excluding carboxylic acids is 1. The van der Waals surface area contributed by atoms with E-state index in [0.717, 1.165) is 11.8 Å². The number of hydrogen-bond acceptors (Lipinski definition) is 2. The minimum Gasteiger partial charge on any atom is -0.489 e. The molecule has 1 amide bonds. The summed E-state index contributed by atoms with van der Waals surface area (Å²) < 4.78 is 32.2. The summed E-state index contributed by atoms with van der Waals surface area (Å²) in [6.45, 7) is 0.0184. The minimum atomic E-state index is -0.650. The van der Waals surface area contributed by atoms with Crippen LogP contribution in [0.1, 0.15) is 16.8 Å². The largest absolute Gasteiger partial charge is 0.489 e. The molecule has 3 aromatic rings. The van der Waals surface area contributed by atoms with Crippen molar-refractivity contribution in [2.45, 2.75) is 6.61 Å². The molecule has 4 rings (SSSR count). The minimum absolute atomic E-state index is 0.0184. The van der Waals surface area contributed by atoms with E-state index in [1.54, 1.807) is 30.5 Å². The van der Waals surface area contributed by atoms with Gasteiger partial charge in [0.1, 0.15) is 24.0 Å². The summed E-state index contributed by atoms with van der Waals surface area (Å²) in [5, 5.41) is 2.80. The van der Waals surface area contributed by atoms with Gasteiger partial charge in [0.2, 0.25) is 0 Å². The van der Waals surface area contributed by atoms with E-state index in [0.29, 0.717) is 28.1 Å². The number of hydrogen-bond donors (Lipinski definition) is 2. The SMILES string of the molecule is O=C1Nc2ccc(OCc3cc(F)cc(F)c3)cc2/C1=C/c1ccc[nH]1. The highest BCUT2D eigenvalue weighted by Crippen LogP contribution is 2.35. The second-order valence-electron chi connectivity index (χ2n) is 5.91. The fraction of sp³-hybridized carbons (Fsp3) is 0.0500. The van der Waals surface area contributed by atoms with Gasteiger partial charge in [-0.15, -0.1) is 0 Å². The lowest BCUT2D eigenvalue weighted by Gasteiger charge is -2.08. The van der Waals surface area contributed by atoms with Crippen molar-refractivity contribution in [3.63, 3.8) is 0 Å². The van der Waals surface area contributed by atoms with Crippen molar-refractivity contribution >= 4 is 23.2 Å². The maximum atomic E-state index is 13.3. The molecule has 0 radical (unpaired) electrons. The smallest absolute Gasteiger partial charge is 0.256 e. The molecule has 0 bridgehead atoms. The lowest BCUT2D eigenvalue weighted by Crippen LogP contribution is -2.03. The zero-order valence-electron chi connectivity index (χ0n) is 13.6. The van der Waals surface area contributed by atoms with Crippen LogP contribution in [-0.4, -0.2) is 10.9 Å². The van der Waals surface area contributed by atoms with Crippen LogP contribution in [0.25, 0.3) is 11.6 Å². The lowest BCUT2D eigenvalue weighted by atomic mass is 10.1. The first-order valence-electron chi connectivity index (χ1n) is 7.97. The van der Waals surface area contributed by atoms with Crippen LogP contribution in [0.2, 0.25) is 0 Å². The van der Waals surface area contributed by atoms with E-state index in [1.807, 2.05) is 12.1 Å². The molecular weight excluding hydrogens is 338 g/mol. The highest BCUT2D eigenvalue weighted by Gasteiger charge is 2.24. The van der Waals surface area contributed by atoms with Gasteiger partial charge in [-0.3, -0.25) is 4.79 Å². The third-order valence-electron chi connectivity index (χ3n) is 4.02. The molecule has 0 aliphatic carbocycles. The van der Waals surface area contributed by atoms with Gasteiger partial charge in [0.25, 0.3) is 5.91 Å².